The van der Waals surface area contributed by atoms with Crippen LogP contribution in [0.15, 0.2) is 0 Å². The number of sulfone groups is 1. The fourth-order valence-electron chi connectivity index (χ4n) is 1.30. The van der Waals surface area contributed by atoms with Crippen LogP contribution in [0.3, 0.4) is 0 Å². The third-order valence-electron chi connectivity index (χ3n) is 1.91. The molecule has 0 aliphatic rings. The minimum atomic E-state index is -2.95. The highest BCUT2D eigenvalue weighted by atomic mass is 32.2. The van der Waals surface area contributed by atoms with E-state index in [0.717, 1.165) is 0 Å². The predicted molar refractivity (Wildman–Crippen MR) is 51.8 cm³/mol. The Morgan fingerprint density at radius 1 is 1.25 bits per heavy atom. The second-order valence-corrected chi connectivity index (χ2v) is 5.57. The SMILES string of the molecule is CCC(CC)S(=O)(=O)CC(C)N. The van der Waals surface area contributed by atoms with Gasteiger partial charge in [-0.05, 0) is 19.8 Å². The molecule has 0 saturated carbocycles. The Labute approximate surface area is 75.3 Å². The summed E-state index contributed by atoms with van der Waals surface area (Å²) >= 11 is 0. The van der Waals surface area contributed by atoms with Gasteiger partial charge in [-0.2, -0.15) is 0 Å². The molecule has 0 aromatic heterocycles. The summed E-state index contributed by atoms with van der Waals surface area (Å²) in [6, 6.07) is -0.254. The Hall–Kier alpha value is -0.0900. The van der Waals surface area contributed by atoms with Crippen molar-refractivity contribution in [2.45, 2.75) is 44.9 Å². The van der Waals surface area contributed by atoms with Gasteiger partial charge in [0.2, 0.25) is 0 Å². The first kappa shape index (κ1) is 11.9. The average Bonchev–Trinajstić information content (AvgIpc) is 1.85. The van der Waals surface area contributed by atoms with E-state index in [-0.39, 0.29) is 17.0 Å². The molecule has 0 aliphatic carbocycles. The van der Waals surface area contributed by atoms with Crippen LogP contribution in [0.5, 0.6) is 0 Å². The van der Waals surface area contributed by atoms with Gasteiger partial charge < -0.3 is 5.73 Å². The molecule has 0 fully saturated rings. The van der Waals surface area contributed by atoms with E-state index in [9.17, 15) is 8.42 Å². The Morgan fingerprint density at radius 3 is 1.92 bits per heavy atom. The van der Waals surface area contributed by atoms with Crippen molar-refractivity contribution in [2.75, 3.05) is 5.75 Å². The third-order valence-corrected chi connectivity index (χ3v) is 4.59. The molecule has 12 heavy (non-hydrogen) atoms. The van der Waals surface area contributed by atoms with Crippen LogP contribution in [0.1, 0.15) is 33.6 Å². The summed E-state index contributed by atoms with van der Waals surface area (Å²) in [5, 5.41) is -0.205. The summed E-state index contributed by atoms with van der Waals surface area (Å²) in [7, 11) is -2.95. The molecular weight excluding hydrogens is 174 g/mol. The Bertz CT molecular complexity index is 205. The van der Waals surface area contributed by atoms with E-state index in [1.807, 2.05) is 13.8 Å². The van der Waals surface area contributed by atoms with Gasteiger partial charge in [-0.3, -0.25) is 0 Å². The highest BCUT2D eigenvalue weighted by molar-refractivity contribution is 7.92. The Balaban J connectivity index is 4.38. The van der Waals surface area contributed by atoms with Gasteiger partial charge in [0, 0.05) is 6.04 Å². The zero-order valence-electron chi connectivity index (χ0n) is 8.08. The maximum atomic E-state index is 11.5. The van der Waals surface area contributed by atoms with E-state index < -0.39 is 9.84 Å². The van der Waals surface area contributed by atoms with Crippen molar-refractivity contribution in [3.05, 3.63) is 0 Å². The summed E-state index contributed by atoms with van der Waals surface area (Å²) < 4.78 is 23.0. The summed E-state index contributed by atoms with van der Waals surface area (Å²) in [6.07, 6.45) is 1.37. The van der Waals surface area contributed by atoms with E-state index in [1.54, 1.807) is 6.92 Å². The van der Waals surface area contributed by atoms with Crippen molar-refractivity contribution in [1.82, 2.24) is 0 Å². The molecule has 0 bridgehead atoms. The number of hydrogen-bond acceptors (Lipinski definition) is 3. The van der Waals surface area contributed by atoms with E-state index in [0.29, 0.717) is 12.8 Å². The van der Waals surface area contributed by atoms with Gasteiger partial charge in [-0.1, -0.05) is 13.8 Å². The lowest BCUT2D eigenvalue weighted by Gasteiger charge is -2.14. The molecule has 74 valence electrons. The maximum Gasteiger partial charge on any atom is 0.154 e. The predicted octanol–water partition coefficient (Wildman–Crippen LogP) is 0.937. The standard InChI is InChI=1S/C8H19NO2S/c1-4-8(5-2)12(10,11)6-7(3)9/h7-8H,4-6,9H2,1-3H3. The minimum absolute atomic E-state index is 0.110. The molecule has 0 amide bonds. The monoisotopic (exact) mass is 193 g/mol. The second-order valence-electron chi connectivity index (χ2n) is 3.25. The zero-order chi connectivity index (χ0) is 9.78. The molecule has 0 aliphatic heterocycles. The van der Waals surface area contributed by atoms with Crippen molar-refractivity contribution in [1.29, 1.82) is 0 Å². The van der Waals surface area contributed by atoms with Crippen LogP contribution in [-0.4, -0.2) is 25.5 Å². The van der Waals surface area contributed by atoms with Crippen LogP contribution in [-0.2, 0) is 9.84 Å². The molecule has 0 rings (SSSR count). The van der Waals surface area contributed by atoms with Crippen LogP contribution < -0.4 is 5.73 Å². The van der Waals surface area contributed by atoms with Crippen LogP contribution in [0.2, 0.25) is 0 Å². The minimum Gasteiger partial charge on any atom is -0.327 e. The Morgan fingerprint density at radius 2 is 1.67 bits per heavy atom. The van der Waals surface area contributed by atoms with Gasteiger partial charge in [0.1, 0.15) is 0 Å². The smallest absolute Gasteiger partial charge is 0.154 e. The van der Waals surface area contributed by atoms with Gasteiger partial charge in [-0.15, -0.1) is 0 Å². The molecule has 3 nitrogen and oxygen atoms in total. The fraction of sp³-hybridized carbons (Fsp3) is 1.00. The van der Waals surface area contributed by atoms with Crippen LogP contribution >= 0.6 is 0 Å². The maximum absolute atomic E-state index is 11.5. The van der Waals surface area contributed by atoms with Crippen molar-refractivity contribution < 1.29 is 8.42 Å². The molecule has 0 saturated heterocycles. The topological polar surface area (TPSA) is 60.2 Å². The molecule has 2 N–H and O–H groups in total. The Kier molecular flexibility index (Phi) is 4.78. The van der Waals surface area contributed by atoms with E-state index in [2.05, 4.69) is 0 Å². The number of hydrogen-bond donors (Lipinski definition) is 1. The zero-order valence-corrected chi connectivity index (χ0v) is 8.89. The average molecular weight is 193 g/mol. The molecule has 0 heterocycles. The molecule has 4 heteroatoms. The molecule has 1 unspecified atom stereocenters. The van der Waals surface area contributed by atoms with Gasteiger partial charge in [-0.25, -0.2) is 8.42 Å². The van der Waals surface area contributed by atoms with Gasteiger partial charge >= 0.3 is 0 Å². The summed E-state index contributed by atoms with van der Waals surface area (Å²) in [5.41, 5.74) is 5.45. The van der Waals surface area contributed by atoms with E-state index >= 15 is 0 Å². The van der Waals surface area contributed by atoms with Crippen LogP contribution in [0.4, 0.5) is 0 Å². The largest absolute Gasteiger partial charge is 0.327 e. The normalized spacial score (nSPS) is 15.1. The van der Waals surface area contributed by atoms with Gasteiger partial charge in [0.05, 0.1) is 11.0 Å². The first-order valence-electron chi connectivity index (χ1n) is 4.41. The molecule has 0 radical (unpaired) electrons. The lowest BCUT2D eigenvalue weighted by molar-refractivity contribution is 0.566. The summed E-state index contributed by atoms with van der Waals surface area (Å²) in [6.45, 7) is 5.51. The van der Waals surface area contributed by atoms with Crippen molar-refractivity contribution >= 4 is 9.84 Å². The van der Waals surface area contributed by atoms with Crippen molar-refractivity contribution in [2.24, 2.45) is 5.73 Å². The number of nitrogens with two attached hydrogens (primary N) is 1. The van der Waals surface area contributed by atoms with E-state index in [1.165, 1.54) is 0 Å². The first-order valence-corrected chi connectivity index (χ1v) is 6.12. The lowest BCUT2D eigenvalue weighted by atomic mass is 10.3. The van der Waals surface area contributed by atoms with E-state index in [4.69, 9.17) is 5.73 Å². The van der Waals surface area contributed by atoms with Crippen LogP contribution in [0.25, 0.3) is 0 Å². The highest BCUT2D eigenvalue weighted by Crippen LogP contribution is 2.11. The van der Waals surface area contributed by atoms with Gasteiger partial charge in [0.25, 0.3) is 0 Å². The molecular formula is C8H19NO2S. The molecule has 0 aromatic rings. The first-order chi connectivity index (χ1) is 5.44. The lowest BCUT2D eigenvalue weighted by Crippen LogP contribution is -2.32. The quantitative estimate of drug-likeness (QED) is 0.707. The van der Waals surface area contributed by atoms with Gasteiger partial charge in [0.15, 0.2) is 9.84 Å². The summed E-state index contributed by atoms with van der Waals surface area (Å²) in [4.78, 5) is 0. The van der Waals surface area contributed by atoms with Crippen molar-refractivity contribution in [3.8, 4) is 0 Å². The van der Waals surface area contributed by atoms with Crippen molar-refractivity contribution in [3.63, 3.8) is 0 Å². The molecule has 0 aromatic carbocycles. The van der Waals surface area contributed by atoms with Crippen LogP contribution in [0, 0.1) is 0 Å². The second kappa shape index (κ2) is 4.82. The number of rotatable bonds is 5. The highest BCUT2D eigenvalue weighted by Gasteiger charge is 2.22. The fourth-order valence-corrected chi connectivity index (χ4v) is 3.32. The summed E-state index contributed by atoms with van der Waals surface area (Å²) in [5.74, 6) is 0.110. The molecule has 0 spiro atoms. The molecule has 1 atom stereocenters. The third kappa shape index (κ3) is 3.54.